The fraction of sp³-hybridized carbons (Fsp3) is 0.500. The largest absolute Gasteiger partial charge is 0.481 e. The molecule has 1 saturated carbocycles. The highest BCUT2D eigenvalue weighted by molar-refractivity contribution is 6.61. The zero-order valence-corrected chi connectivity index (χ0v) is 12.2. The minimum Gasteiger partial charge on any atom is -0.449 e. The van der Waals surface area contributed by atoms with Crippen LogP contribution in [0.2, 0.25) is 5.82 Å². The average Bonchev–Trinajstić information content (AvgIpc) is 3.06. The molecule has 3 nitrogen and oxygen atoms in total. The highest BCUT2D eigenvalue weighted by Gasteiger charge is 2.51. The quantitative estimate of drug-likeness (QED) is 0.819. The van der Waals surface area contributed by atoms with Gasteiger partial charge in [-0.25, -0.2) is 4.79 Å². The first-order chi connectivity index (χ1) is 9.56. The zero-order chi connectivity index (χ0) is 15.8. The monoisotopic (exact) mass is 300 g/mol. The van der Waals surface area contributed by atoms with Gasteiger partial charge in [-0.3, -0.25) is 5.32 Å². The first kappa shape index (κ1) is 15.7. The van der Waals surface area contributed by atoms with E-state index in [-0.39, 0.29) is 6.42 Å². The van der Waals surface area contributed by atoms with E-state index in [1.54, 1.807) is 45.0 Å². The van der Waals surface area contributed by atoms with Crippen molar-refractivity contribution in [1.82, 2.24) is 0 Å². The van der Waals surface area contributed by atoms with Crippen molar-refractivity contribution in [3.05, 3.63) is 29.8 Å². The van der Waals surface area contributed by atoms with E-state index in [9.17, 15) is 17.7 Å². The van der Waals surface area contributed by atoms with Crippen LogP contribution in [-0.4, -0.2) is 18.7 Å². The molecule has 1 aliphatic rings. The number of halogens is 3. The van der Waals surface area contributed by atoms with E-state index in [0.29, 0.717) is 11.3 Å². The fourth-order valence-corrected chi connectivity index (χ4v) is 2.25. The molecule has 1 aromatic rings. The molecule has 0 radical (unpaired) electrons. The molecular formula is C14H18BF3NO2-. The molecule has 2 atom stereocenters. The van der Waals surface area contributed by atoms with Crippen LogP contribution in [0.15, 0.2) is 24.3 Å². The van der Waals surface area contributed by atoms with Crippen LogP contribution < -0.4 is 5.32 Å². The van der Waals surface area contributed by atoms with E-state index in [4.69, 9.17) is 4.74 Å². The second-order valence-corrected chi connectivity index (χ2v) is 6.38. The van der Waals surface area contributed by atoms with Crippen molar-refractivity contribution in [3.63, 3.8) is 0 Å². The van der Waals surface area contributed by atoms with E-state index in [0.717, 1.165) is 0 Å². The summed E-state index contributed by atoms with van der Waals surface area (Å²) < 4.78 is 42.8. The topological polar surface area (TPSA) is 38.3 Å². The summed E-state index contributed by atoms with van der Waals surface area (Å²) in [5, 5.41) is 2.55. The number of rotatable bonds is 3. The molecule has 0 unspecified atom stereocenters. The third-order valence-electron chi connectivity index (χ3n) is 3.31. The maximum atomic E-state index is 12.6. The van der Waals surface area contributed by atoms with E-state index in [1.165, 1.54) is 0 Å². The Hall–Kier alpha value is -1.66. The second kappa shape index (κ2) is 5.28. The van der Waals surface area contributed by atoms with Crippen molar-refractivity contribution < 1.29 is 22.5 Å². The lowest BCUT2D eigenvalue weighted by molar-refractivity contribution is 0.0636. The van der Waals surface area contributed by atoms with Gasteiger partial charge in [-0.15, -0.1) is 0 Å². The van der Waals surface area contributed by atoms with Gasteiger partial charge in [-0.1, -0.05) is 24.4 Å². The number of benzene rings is 1. The molecule has 1 N–H and O–H groups in total. The molecule has 1 aromatic carbocycles. The van der Waals surface area contributed by atoms with E-state index >= 15 is 0 Å². The molecule has 0 saturated heterocycles. The predicted molar refractivity (Wildman–Crippen MR) is 76.5 cm³/mol. The molecule has 1 amide bonds. The van der Waals surface area contributed by atoms with Crippen LogP contribution >= 0.6 is 0 Å². The maximum absolute atomic E-state index is 12.6. The molecule has 0 bridgehead atoms. The standard InChI is InChI=1S/C14H18BF3NO2/c1-14(2,3)21-13(20)19-10-6-4-9(5-7-10)11-8-12(11)15(16,17)18/h4-7,11-12H,8H2,1-3H3,(H,19,20)/q-1/t11-,12+/m0/s1. The summed E-state index contributed by atoms with van der Waals surface area (Å²) in [4.78, 5) is 11.6. The average molecular weight is 300 g/mol. The van der Waals surface area contributed by atoms with Crippen LogP contribution in [0.1, 0.15) is 38.7 Å². The summed E-state index contributed by atoms with van der Waals surface area (Å²) in [5.74, 6) is -1.60. The number of hydrogen-bond acceptors (Lipinski definition) is 2. The maximum Gasteiger partial charge on any atom is 0.481 e. The van der Waals surface area contributed by atoms with Crippen LogP contribution in [0.5, 0.6) is 0 Å². The highest BCUT2D eigenvalue weighted by Crippen LogP contribution is 2.59. The van der Waals surface area contributed by atoms with Gasteiger partial charge in [0.25, 0.3) is 0 Å². The normalized spacial score (nSPS) is 21.8. The Kier molecular flexibility index (Phi) is 3.95. The number of anilines is 1. The SMILES string of the molecule is CC(C)(C)OC(=O)Nc1ccc([C@@H]2C[C@H]2[B-](F)(F)F)cc1. The van der Waals surface area contributed by atoms with Gasteiger partial charge in [0.2, 0.25) is 0 Å². The van der Waals surface area contributed by atoms with Gasteiger partial charge >= 0.3 is 13.1 Å². The van der Waals surface area contributed by atoms with Gasteiger partial charge in [-0.05, 0) is 44.4 Å². The van der Waals surface area contributed by atoms with Crippen molar-refractivity contribution in [2.24, 2.45) is 0 Å². The summed E-state index contributed by atoms with van der Waals surface area (Å²) in [7, 11) is 0. The Balaban J connectivity index is 1.93. The van der Waals surface area contributed by atoms with Gasteiger partial charge in [0.15, 0.2) is 0 Å². The molecule has 116 valence electrons. The number of carbonyl (C=O) groups is 1. The molecule has 21 heavy (non-hydrogen) atoms. The lowest BCUT2D eigenvalue weighted by Gasteiger charge is -2.19. The summed E-state index contributed by atoms with van der Waals surface area (Å²) in [6, 6.07) is 6.44. The van der Waals surface area contributed by atoms with Crippen LogP contribution in [0, 0.1) is 0 Å². The zero-order valence-electron chi connectivity index (χ0n) is 12.2. The summed E-state index contributed by atoms with van der Waals surface area (Å²) in [6.45, 7) is 0.499. The molecule has 2 rings (SSSR count). The van der Waals surface area contributed by atoms with Crippen molar-refractivity contribution in [2.45, 2.75) is 44.5 Å². The van der Waals surface area contributed by atoms with Crippen molar-refractivity contribution in [1.29, 1.82) is 0 Å². The summed E-state index contributed by atoms with van der Waals surface area (Å²) in [5.41, 5.74) is 0.566. The Morgan fingerprint density at radius 2 is 1.81 bits per heavy atom. The van der Waals surface area contributed by atoms with Crippen LogP contribution in [-0.2, 0) is 4.74 Å². The third kappa shape index (κ3) is 4.41. The molecule has 0 aliphatic heterocycles. The van der Waals surface area contributed by atoms with E-state index < -0.39 is 30.4 Å². The molecule has 0 spiro atoms. The molecule has 1 aliphatic carbocycles. The Morgan fingerprint density at radius 1 is 1.24 bits per heavy atom. The van der Waals surface area contributed by atoms with Crippen molar-refractivity contribution in [3.8, 4) is 0 Å². The second-order valence-electron chi connectivity index (χ2n) is 6.38. The molecule has 7 heteroatoms. The van der Waals surface area contributed by atoms with E-state index in [1.807, 2.05) is 0 Å². The lowest BCUT2D eigenvalue weighted by atomic mass is 9.81. The predicted octanol–water partition coefficient (Wildman–Crippen LogP) is 4.74. The van der Waals surface area contributed by atoms with Crippen LogP contribution in [0.4, 0.5) is 23.4 Å². The minimum absolute atomic E-state index is 0.169. The number of hydrogen-bond donors (Lipinski definition) is 1. The number of amides is 1. The molecule has 1 fully saturated rings. The molecular weight excluding hydrogens is 282 g/mol. The lowest BCUT2D eigenvalue weighted by Crippen LogP contribution is -2.27. The van der Waals surface area contributed by atoms with Crippen LogP contribution in [0.3, 0.4) is 0 Å². The van der Waals surface area contributed by atoms with E-state index in [2.05, 4.69) is 5.32 Å². The van der Waals surface area contributed by atoms with Gasteiger partial charge in [0.05, 0.1) is 0 Å². The Morgan fingerprint density at radius 3 is 2.24 bits per heavy atom. The fourth-order valence-electron chi connectivity index (χ4n) is 2.25. The van der Waals surface area contributed by atoms with Crippen molar-refractivity contribution in [2.75, 3.05) is 5.32 Å². The van der Waals surface area contributed by atoms with Gasteiger partial charge in [-0.2, -0.15) is 0 Å². The van der Waals surface area contributed by atoms with Gasteiger partial charge in [0, 0.05) is 5.69 Å². The Labute approximate surface area is 121 Å². The first-order valence-corrected chi connectivity index (χ1v) is 6.86. The number of nitrogens with one attached hydrogen (secondary N) is 1. The third-order valence-corrected chi connectivity index (χ3v) is 3.31. The van der Waals surface area contributed by atoms with Crippen molar-refractivity contribution >= 4 is 18.8 Å². The minimum atomic E-state index is -4.76. The number of carbonyl (C=O) groups excluding carboxylic acids is 1. The van der Waals surface area contributed by atoms with Gasteiger partial charge in [0.1, 0.15) is 5.60 Å². The molecule has 0 aromatic heterocycles. The number of ether oxygens (including phenoxy) is 1. The first-order valence-electron chi connectivity index (χ1n) is 6.86. The van der Waals surface area contributed by atoms with Gasteiger partial charge < -0.3 is 17.7 Å². The Bertz CT molecular complexity index is 523. The van der Waals surface area contributed by atoms with Crippen LogP contribution in [0.25, 0.3) is 0 Å². The highest BCUT2D eigenvalue weighted by atomic mass is 19.4. The summed E-state index contributed by atoms with van der Waals surface area (Å²) >= 11 is 0. The summed E-state index contributed by atoms with van der Waals surface area (Å²) in [6.07, 6.45) is -0.416. The smallest absolute Gasteiger partial charge is 0.449 e. The molecule has 0 heterocycles.